The first-order valence-corrected chi connectivity index (χ1v) is 11.9. The SMILES string of the molecule is CC[C@@H](C(=O)N1CCc2cc(OC)c(OC)cc2[C@@H]1COc1ccc([N+](=O)[O-])cc1)c1ccccc1. The smallest absolute Gasteiger partial charge is 0.269 e. The normalized spacial score (nSPS) is 15.5. The predicted molar refractivity (Wildman–Crippen MR) is 136 cm³/mol. The molecule has 2 atom stereocenters. The van der Waals surface area contributed by atoms with Gasteiger partial charge in [0.1, 0.15) is 12.4 Å². The number of benzene rings is 3. The van der Waals surface area contributed by atoms with Crippen molar-refractivity contribution in [1.82, 2.24) is 4.90 Å². The zero-order valence-electron chi connectivity index (χ0n) is 20.7. The Morgan fingerprint density at radius 2 is 1.72 bits per heavy atom. The van der Waals surface area contributed by atoms with Crippen molar-refractivity contribution in [3.05, 3.63) is 93.5 Å². The van der Waals surface area contributed by atoms with E-state index in [4.69, 9.17) is 14.2 Å². The van der Waals surface area contributed by atoms with Crippen molar-refractivity contribution in [3.63, 3.8) is 0 Å². The first-order valence-electron chi connectivity index (χ1n) is 11.9. The van der Waals surface area contributed by atoms with Crippen molar-refractivity contribution >= 4 is 11.6 Å². The molecule has 0 N–H and O–H groups in total. The van der Waals surface area contributed by atoms with Crippen LogP contribution in [0, 0.1) is 10.1 Å². The van der Waals surface area contributed by atoms with Crippen LogP contribution in [0.4, 0.5) is 5.69 Å². The van der Waals surface area contributed by atoms with Gasteiger partial charge in [-0.1, -0.05) is 37.3 Å². The molecule has 1 amide bonds. The number of hydrogen-bond acceptors (Lipinski definition) is 6. The summed E-state index contributed by atoms with van der Waals surface area (Å²) in [5.74, 6) is 1.50. The van der Waals surface area contributed by atoms with E-state index in [-0.39, 0.29) is 30.2 Å². The minimum atomic E-state index is -0.449. The second-order valence-corrected chi connectivity index (χ2v) is 8.64. The van der Waals surface area contributed by atoms with E-state index in [1.54, 1.807) is 26.4 Å². The molecule has 0 saturated heterocycles. The van der Waals surface area contributed by atoms with Crippen LogP contribution in [-0.2, 0) is 11.2 Å². The van der Waals surface area contributed by atoms with E-state index in [0.717, 1.165) is 16.7 Å². The molecule has 0 aromatic heterocycles. The van der Waals surface area contributed by atoms with Gasteiger partial charge in [0.2, 0.25) is 5.91 Å². The van der Waals surface area contributed by atoms with Gasteiger partial charge in [0.25, 0.3) is 5.69 Å². The molecule has 0 aliphatic carbocycles. The lowest BCUT2D eigenvalue weighted by Crippen LogP contribution is -2.44. The fourth-order valence-electron chi connectivity index (χ4n) is 4.75. The number of non-ortho nitro benzene ring substituents is 1. The summed E-state index contributed by atoms with van der Waals surface area (Å²) in [5, 5.41) is 11.0. The lowest BCUT2D eigenvalue weighted by Gasteiger charge is -2.39. The number of ether oxygens (including phenoxy) is 3. The minimum Gasteiger partial charge on any atom is -0.493 e. The number of rotatable bonds is 9. The molecule has 0 spiro atoms. The summed E-state index contributed by atoms with van der Waals surface area (Å²) in [6.07, 6.45) is 1.36. The Kier molecular flexibility index (Phi) is 7.73. The molecule has 8 nitrogen and oxygen atoms in total. The van der Waals surface area contributed by atoms with Gasteiger partial charge in [0.15, 0.2) is 11.5 Å². The third-order valence-corrected chi connectivity index (χ3v) is 6.65. The Morgan fingerprint density at radius 1 is 1.06 bits per heavy atom. The Labute approximate surface area is 210 Å². The zero-order chi connectivity index (χ0) is 25.7. The summed E-state index contributed by atoms with van der Waals surface area (Å²) in [6, 6.07) is 19.3. The summed E-state index contributed by atoms with van der Waals surface area (Å²) in [4.78, 5) is 26.3. The fraction of sp³-hybridized carbons (Fsp3) is 0.321. The molecule has 0 unspecified atom stereocenters. The molecular weight excluding hydrogens is 460 g/mol. The van der Waals surface area contributed by atoms with E-state index in [9.17, 15) is 14.9 Å². The van der Waals surface area contributed by atoms with Crippen LogP contribution in [0.15, 0.2) is 66.7 Å². The summed E-state index contributed by atoms with van der Waals surface area (Å²) < 4.78 is 17.1. The molecule has 4 rings (SSSR count). The van der Waals surface area contributed by atoms with Crippen LogP contribution in [0.5, 0.6) is 17.2 Å². The van der Waals surface area contributed by atoms with Gasteiger partial charge in [-0.15, -0.1) is 0 Å². The van der Waals surface area contributed by atoms with Crippen LogP contribution in [0.2, 0.25) is 0 Å². The standard InChI is InChI=1S/C28H30N2O6/c1-4-23(19-8-6-5-7-9-19)28(31)29-15-14-20-16-26(34-2)27(35-3)17-24(20)25(29)18-36-22-12-10-21(11-13-22)30(32)33/h5-13,16-17,23,25H,4,14-15,18H2,1-3H3/t23-,25+/m1/s1. The van der Waals surface area contributed by atoms with Gasteiger partial charge in [-0.2, -0.15) is 0 Å². The second-order valence-electron chi connectivity index (χ2n) is 8.64. The molecule has 8 heteroatoms. The van der Waals surface area contributed by atoms with Crippen molar-refractivity contribution in [3.8, 4) is 17.2 Å². The molecular formula is C28H30N2O6. The lowest BCUT2D eigenvalue weighted by atomic mass is 9.89. The number of nitrogens with zero attached hydrogens (tertiary/aromatic N) is 2. The van der Waals surface area contributed by atoms with Crippen LogP contribution in [0.25, 0.3) is 0 Å². The predicted octanol–water partition coefficient (Wildman–Crippen LogP) is 5.31. The number of methoxy groups -OCH3 is 2. The average Bonchev–Trinajstić information content (AvgIpc) is 2.91. The number of nitro groups is 1. The van der Waals surface area contributed by atoms with Gasteiger partial charge in [-0.25, -0.2) is 0 Å². The van der Waals surface area contributed by atoms with Gasteiger partial charge < -0.3 is 19.1 Å². The van der Waals surface area contributed by atoms with Gasteiger partial charge in [-0.05, 0) is 53.8 Å². The fourth-order valence-corrected chi connectivity index (χ4v) is 4.75. The van der Waals surface area contributed by atoms with E-state index < -0.39 is 4.92 Å². The van der Waals surface area contributed by atoms with E-state index >= 15 is 0 Å². The Morgan fingerprint density at radius 3 is 2.33 bits per heavy atom. The highest BCUT2D eigenvalue weighted by molar-refractivity contribution is 5.84. The summed E-state index contributed by atoms with van der Waals surface area (Å²) in [5.41, 5.74) is 2.99. The number of carbonyl (C=O) groups is 1. The molecule has 36 heavy (non-hydrogen) atoms. The zero-order valence-corrected chi connectivity index (χ0v) is 20.7. The van der Waals surface area contributed by atoms with Crippen molar-refractivity contribution < 1.29 is 23.9 Å². The molecule has 0 fully saturated rings. The molecule has 0 saturated carbocycles. The number of fused-ring (bicyclic) bond motifs is 1. The van der Waals surface area contributed by atoms with Crippen LogP contribution >= 0.6 is 0 Å². The third-order valence-electron chi connectivity index (χ3n) is 6.65. The summed E-state index contributed by atoms with van der Waals surface area (Å²) in [6.45, 7) is 2.75. The monoisotopic (exact) mass is 490 g/mol. The highest BCUT2D eigenvalue weighted by Crippen LogP contribution is 2.40. The highest BCUT2D eigenvalue weighted by atomic mass is 16.6. The summed E-state index contributed by atoms with van der Waals surface area (Å²) >= 11 is 0. The average molecular weight is 491 g/mol. The maximum Gasteiger partial charge on any atom is 0.269 e. The van der Waals surface area contributed by atoms with E-state index in [1.165, 1.54) is 12.1 Å². The van der Waals surface area contributed by atoms with E-state index in [0.29, 0.717) is 36.6 Å². The molecule has 188 valence electrons. The molecule has 1 aliphatic rings. The maximum atomic E-state index is 13.9. The molecule has 1 aliphatic heterocycles. The largest absolute Gasteiger partial charge is 0.493 e. The topological polar surface area (TPSA) is 91.1 Å². The summed E-state index contributed by atoms with van der Waals surface area (Å²) in [7, 11) is 3.19. The van der Waals surface area contributed by atoms with Crippen molar-refractivity contribution in [2.24, 2.45) is 0 Å². The number of hydrogen-bond donors (Lipinski definition) is 0. The Hall–Kier alpha value is -4.07. The molecule has 0 bridgehead atoms. The van der Waals surface area contributed by atoms with Crippen molar-refractivity contribution in [2.45, 2.75) is 31.7 Å². The van der Waals surface area contributed by atoms with Gasteiger partial charge >= 0.3 is 0 Å². The first-order chi connectivity index (χ1) is 17.5. The molecule has 3 aromatic rings. The van der Waals surface area contributed by atoms with E-state index in [1.807, 2.05) is 54.3 Å². The van der Waals surface area contributed by atoms with Crippen LogP contribution < -0.4 is 14.2 Å². The van der Waals surface area contributed by atoms with Crippen LogP contribution in [0.1, 0.15) is 42.0 Å². The maximum absolute atomic E-state index is 13.9. The minimum absolute atomic E-state index is 0.00681. The molecule has 0 radical (unpaired) electrons. The van der Waals surface area contributed by atoms with Crippen molar-refractivity contribution in [1.29, 1.82) is 0 Å². The van der Waals surface area contributed by atoms with Gasteiger partial charge in [-0.3, -0.25) is 14.9 Å². The van der Waals surface area contributed by atoms with Crippen LogP contribution in [-0.4, -0.2) is 43.1 Å². The highest BCUT2D eigenvalue weighted by Gasteiger charge is 2.36. The quantitative estimate of drug-likeness (QED) is 0.298. The van der Waals surface area contributed by atoms with E-state index in [2.05, 4.69) is 0 Å². The molecule has 1 heterocycles. The number of nitro benzene ring substituents is 1. The van der Waals surface area contributed by atoms with Gasteiger partial charge in [0, 0.05) is 18.7 Å². The Bertz CT molecular complexity index is 1210. The van der Waals surface area contributed by atoms with Gasteiger partial charge in [0.05, 0.1) is 31.1 Å². The number of carbonyl (C=O) groups excluding carboxylic acids is 1. The Balaban J connectivity index is 1.68. The number of amides is 1. The first kappa shape index (κ1) is 25.0. The van der Waals surface area contributed by atoms with Crippen molar-refractivity contribution in [2.75, 3.05) is 27.4 Å². The lowest BCUT2D eigenvalue weighted by molar-refractivity contribution is -0.384. The second kappa shape index (κ2) is 11.1. The third kappa shape index (κ3) is 5.12. The molecule has 3 aromatic carbocycles. The van der Waals surface area contributed by atoms with Crippen LogP contribution in [0.3, 0.4) is 0 Å².